The molecule has 0 bridgehead atoms. The second-order valence-electron chi connectivity index (χ2n) is 4.79. The fraction of sp³-hybridized carbons (Fsp3) is 0.500. The smallest absolute Gasteiger partial charge is 0.303 e. The maximum atomic E-state index is 13.4. The Labute approximate surface area is 101 Å². The Morgan fingerprint density at radius 2 is 1.88 bits per heavy atom. The first-order valence-corrected chi connectivity index (χ1v) is 5.87. The molecule has 0 saturated carbocycles. The van der Waals surface area contributed by atoms with E-state index in [1.54, 1.807) is 13.8 Å². The molecule has 0 aliphatic rings. The number of benzene rings is 1. The zero-order valence-corrected chi connectivity index (χ0v) is 10.6. The van der Waals surface area contributed by atoms with Gasteiger partial charge in [0.15, 0.2) is 0 Å². The van der Waals surface area contributed by atoms with Crippen molar-refractivity contribution in [3.8, 4) is 0 Å². The molecule has 1 unspecified atom stereocenters. The van der Waals surface area contributed by atoms with Crippen molar-refractivity contribution in [1.82, 2.24) is 0 Å². The number of carbonyl (C=O) groups is 1. The van der Waals surface area contributed by atoms with E-state index in [1.807, 2.05) is 19.1 Å². The number of rotatable bonds is 5. The molecule has 1 rings (SSSR count). The summed E-state index contributed by atoms with van der Waals surface area (Å²) in [4.78, 5) is 10.5. The summed E-state index contributed by atoms with van der Waals surface area (Å²) in [5.41, 5.74) is 2.40. The number of aliphatic carboxylic acids is 1. The molecule has 0 spiro atoms. The normalized spacial score (nSPS) is 12.5. The van der Waals surface area contributed by atoms with Gasteiger partial charge >= 0.3 is 5.97 Å². The van der Waals surface area contributed by atoms with Crippen molar-refractivity contribution in [3.05, 3.63) is 34.6 Å². The molecule has 1 aromatic carbocycles. The fourth-order valence-electron chi connectivity index (χ4n) is 1.99. The average molecular weight is 238 g/mol. The first-order chi connectivity index (χ1) is 7.90. The van der Waals surface area contributed by atoms with Gasteiger partial charge in [0, 0.05) is 6.42 Å². The molecule has 94 valence electrons. The Bertz CT molecular complexity index is 390. The van der Waals surface area contributed by atoms with Gasteiger partial charge in [0.1, 0.15) is 5.82 Å². The molecule has 0 saturated heterocycles. The van der Waals surface area contributed by atoms with Crippen LogP contribution < -0.4 is 0 Å². The van der Waals surface area contributed by atoms with Crippen LogP contribution in [0.2, 0.25) is 0 Å². The van der Waals surface area contributed by atoms with Crippen molar-refractivity contribution < 1.29 is 14.3 Å². The molecule has 3 heteroatoms. The Balaban J connectivity index is 2.61. The van der Waals surface area contributed by atoms with Crippen molar-refractivity contribution in [1.29, 1.82) is 0 Å². The Morgan fingerprint density at radius 1 is 1.35 bits per heavy atom. The van der Waals surface area contributed by atoms with Crippen molar-refractivity contribution in [2.24, 2.45) is 5.92 Å². The van der Waals surface area contributed by atoms with Gasteiger partial charge in [-0.25, -0.2) is 4.39 Å². The molecule has 0 amide bonds. The molecule has 1 atom stereocenters. The van der Waals surface area contributed by atoms with Crippen LogP contribution in [0.3, 0.4) is 0 Å². The molecule has 0 aliphatic heterocycles. The zero-order valence-electron chi connectivity index (χ0n) is 10.6. The van der Waals surface area contributed by atoms with E-state index in [1.165, 1.54) is 0 Å². The van der Waals surface area contributed by atoms with Crippen LogP contribution in [0.4, 0.5) is 4.39 Å². The van der Waals surface area contributed by atoms with E-state index >= 15 is 0 Å². The van der Waals surface area contributed by atoms with E-state index in [0.717, 1.165) is 18.4 Å². The molecule has 0 fully saturated rings. The number of aryl methyl sites for hydroxylation is 3. The molecule has 0 heterocycles. The molecule has 2 nitrogen and oxygen atoms in total. The lowest BCUT2D eigenvalue weighted by Crippen LogP contribution is -2.05. The van der Waals surface area contributed by atoms with Gasteiger partial charge in [-0.2, -0.15) is 0 Å². The summed E-state index contributed by atoms with van der Waals surface area (Å²) >= 11 is 0. The lowest BCUT2D eigenvalue weighted by molar-refractivity contribution is -0.138. The van der Waals surface area contributed by atoms with Gasteiger partial charge in [0.2, 0.25) is 0 Å². The van der Waals surface area contributed by atoms with Crippen LogP contribution in [0, 0.1) is 25.6 Å². The first-order valence-electron chi connectivity index (χ1n) is 5.87. The number of hydrogen-bond acceptors (Lipinski definition) is 1. The Hall–Kier alpha value is -1.38. The highest BCUT2D eigenvalue weighted by molar-refractivity contribution is 5.66. The van der Waals surface area contributed by atoms with Gasteiger partial charge in [0.25, 0.3) is 0 Å². The molecule has 17 heavy (non-hydrogen) atoms. The predicted octanol–water partition coefficient (Wildman–Crippen LogP) is 3.49. The van der Waals surface area contributed by atoms with E-state index < -0.39 is 5.97 Å². The van der Waals surface area contributed by atoms with Gasteiger partial charge in [-0.05, 0) is 49.3 Å². The maximum absolute atomic E-state index is 13.4. The lowest BCUT2D eigenvalue weighted by Gasteiger charge is -2.10. The van der Waals surface area contributed by atoms with Gasteiger partial charge in [0.05, 0.1) is 0 Å². The minimum Gasteiger partial charge on any atom is -0.481 e. The summed E-state index contributed by atoms with van der Waals surface area (Å²) in [6.07, 6.45) is 1.81. The Kier molecular flexibility index (Phi) is 4.67. The summed E-state index contributed by atoms with van der Waals surface area (Å²) < 4.78 is 13.4. The maximum Gasteiger partial charge on any atom is 0.303 e. The number of carboxylic acids is 1. The second-order valence-corrected chi connectivity index (χ2v) is 4.79. The van der Waals surface area contributed by atoms with Gasteiger partial charge < -0.3 is 5.11 Å². The molecule has 1 aromatic rings. The van der Waals surface area contributed by atoms with E-state index in [9.17, 15) is 9.18 Å². The van der Waals surface area contributed by atoms with Crippen molar-refractivity contribution >= 4 is 5.97 Å². The highest BCUT2D eigenvalue weighted by Gasteiger charge is 2.09. The molecule has 0 aliphatic carbocycles. The summed E-state index contributed by atoms with van der Waals surface area (Å²) in [6.45, 7) is 5.44. The van der Waals surface area contributed by atoms with Crippen LogP contribution in [-0.4, -0.2) is 11.1 Å². The average Bonchev–Trinajstić information content (AvgIpc) is 2.22. The largest absolute Gasteiger partial charge is 0.481 e. The quantitative estimate of drug-likeness (QED) is 0.852. The molecule has 1 N–H and O–H groups in total. The minimum absolute atomic E-state index is 0.146. The van der Waals surface area contributed by atoms with Crippen LogP contribution in [0.1, 0.15) is 36.5 Å². The number of hydrogen-bond donors (Lipinski definition) is 1. The van der Waals surface area contributed by atoms with E-state index in [-0.39, 0.29) is 18.2 Å². The first kappa shape index (κ1) is 13.7. The van der Waals surface area contributed by atoms with Crippen molar-refractivity contribution in [2.75, 3.05) is 0 Å². The van der Waals surface area contributed by atoms with E-state index in [0.29, 0.717) is 11.1 Å². The van der Waals surface area contributed by atoms with E-state index in [4.69, 9.17) is 5.11 Å². The molecule has 0 aromatic heterocycles. The number of carboxylic acid groups (broad SMARTS) is 1. The SMILES string of the molecule is Cc1cc(CCC(C)CC(=O)O)cc(C)c1F. The second kappa shape index (κ2) is 5.80. The highest BCUT2D eigenvalue weighted by Crippen LogP contribution is 2.18. The third-order valence-corrected chi connectivity index (χ3v) is 2.95. The van der Waals surface area contributed by atoms with Gasteiger partial charge in [-0.1, -0.05) is 19.1 Å². The summed E-state index contributed by atoms with van der Waals surface area (Å²) in [5, 5.41) is 8.66. The lowest BCUT2D eigenvalue weighted by atomic mass is 9.96. The summed E-state index contributed by atoms with van der Waals surface area (Å²) in [7, 11) is 0. The summed E-state index contributed by atoms with van der Waals surface area (Å²) in [6, 6.07) is 3.69. The van der Waals surface area contributed by atoms with Gasteiger partial charge in [-0.15, -0.1) is 0 Å². The van der Waals surface area contributed by atoms with Crippen LogP contribution in [0.25, 0.3) is 0 Å². The van der Waals surface area contributed by atoms with E-state index in [2.05, 4.69) is 0 Å². The van der Waals surface area contributed by atoms with Crippen molar-refractivity contribution in [2.45, 2.75) is 40.0 Å². The molecule has 0 radical (unpaired) electrons. The third-order valence-electron chi connectivity index (χ3n) is 2.95. The molecular formula is C14H19FO2. The van der Waals surface area contributed by atoms with Crippen LogP contribution >= 0.6 is 0 Å². The van der Waals surface area contributed by atoms with Crippen LogP contribution in [0.15, 0.2) is 12.1 Å². The zero-order chi connectivity index (χ0) is 13.0. The highest BCUT2D eigenvalue weighted by atomic mass is 19.1. The topological polar surface area (TPSA) is 37.3 Å². The van der Waals surface area contributed by atoms with Crippen LogP contribution in [-0.2, 0) is 11.2 Å². The summed E-state index contributed by atoms with van der Waals surface area (Å²) in [5.74, 6) is -0.755. The van der Waals surface area contributed by atoms with Crippen molar-refractivity contribution in [3.63, 3.8) is 0 Å². The monoisotopic (exact) mass is 238 g/mol. The molecular weight excluding hydrogens is 219 g/mol. The van der Waals surface area contributed by atoms with Crippen LogP contribution in [0.5, 0.6) is 0 Å². The van der Waals surface area contributed by atoms with Gasteiger partial charge in [-0.3, -0.25) is 4.79 Å². The minimum atomic E-state index is -0.760. The Morgan fingerprint density at radius 3 is 2.35 bits per heavy atom. The standard InChI is InChI=1S/C14H19FO2/c1-9(6-13(16)17)4-5-12-7-10(2)14(15)11(3)8-12/h7-9H,4-6H2,1-3H3,(H,16,17). The third kappa shape index (κ3) is 4.17. The number of halogens is 1. The predicted molar refractivity (Wildman–Crippen MR) is 65.6 cm³/mol. The fourth-order valence-corrected chi connectivity index (χ4v) is 1.99.